The van der Waals surface area contributed by atoms with Crippen LogP contribution in [0.4, 0.5) is 11.5 Å². The van der Waals surface area contributed by atoms with E-state index in [0.29, 0.717) is 23.6 Å². The first-order chi connectivity index (χ1) is 8.08. The first-order valence-corrected chi connectivity index (χ1v) is 5.12. The van der Waals surface area contributed by atoms with E-state index in [0.717, 1.165) is 0 Å². The quantitative estimate of drug-likeness (QED) is 0.746. The minimum absolute atomic E-state index is 0.251. The molecule has 92 valence electrons. The molecule has 1 heterocycles. The number of aliphatic hydroxyl groups is 1. The number of nitrogens with two attached hydrogens (primary N) is 1. The van der Waals surface area contributed by atoms with Crippen LogP contribution in [0.25, 0.3) is 0 Å². The van der Waals surface area contributed by atoms with Crippen LogP contribution in [0.1, 0.15) is 5.56 Å². The van der Waals surface area contributed by atoms with Crippen LogP contribution in [-0.2, 0) is 4.74 Å². The Labute approximate surface area is 100 Å². The molecule has 0 fully saturated rings. The normalized spacial score (nSPS) is 11.9. The highest BCUT2D eigenvalue weighted by molar-refractivity contribution is 5.64. The molecule has 0 aliphatic carbocycles. The molecule has 6 heteroatoms. The van der Waals surface area contributed by atoms with Gasteiger partial charge in [-0.05, 0) is 6.07 Å². The molecule has 6 nitrogen and oxygen atoms in total. The number of anilines is 2. The smallest absolute Gasteiger partial charge is 0.151 e. The van der Waals surface area contributed by atoms with Crippen molar-refractivity contribution in [1.29, 1.82) is 5.26 Å². The fraction of sp³-hybridized carbons (Fsp3) is 0.455. The summed E-state index contributed by atoms with van der Waals surface area (Å²) in [6.45, 7) is 0.609. The van der Waals surface area contributed by atoms with E-state index in [9.17, 15) is 5.11 Å². The summed E-state index contributed by atoms with van der Waals surface area (Å²) in [5.74, 6) is 0.541. The maximum atomic E-state index is 9.58. The van der Waals surface area contributed by atoms with Gasteiger partial charge < -0.3 is 20.5 Å². The number of pyridine rings is 1. The first kappa shape index (κ1) is 13.2. The van der Waals surface area contributed by atoms with Crippen molar-refractivity contribution >= 4 is 11.5 Å². The van der Waals surface area contributed by atoms with Crippen molar-refractivity contribution in [2.24, 2.45) is 0 Å². The molecule has 3 N–H and O–H groups in total. The number of nitrogens with zero attached hydrogens (tertiary/aromatic N) is 3. The summed E-state index contributed by atoms with van der Waals surface area (Å²) in [6, 6.07) is 3.52. The SMILES string of the molecule is COCC(O)CN(C)c1ncc(C#N)cc1N. The standard InChI is InChI=1S/C11H16N4O2/c1-15(6-9(16)7-17-2)11-10(13)3-8(4-12)5-14-11/h3,5,9,16H,6-7,13H2,1-2H3. The lowest BCUT2D eigenvalue weighted by Gasteiger charge is -2.22. The van der Waals surface area contributed by atoms with Gasteiger partial charge in [0.25, 0.3) is 0 Å². The van der Waals surface area contributed by atoms with Gasteiger partial charge in [0, 0.05) is 26.9 Å². The molecular formula is C11H16N4O2. The van der Waals surface area contributed by atoms with Crippen molar-refractivity contribution in [1.82, 2.24) is 4.98 Å². The molecule has 0 saturated carbocycles. The van der Waals surface area contributed by atoms with Crippen molar-refractivity contribution < 1.29 is 9.84 Å². The van der Waals surface area contributed by atoms with Gasteiger partial charge in [-0.2, -0.15) is 5.26 Å². The summed E-state index contributed by atoms with van der Waals surface area (Å²) in [5.41, 5.74) is 6.61. The molecule has 0 aromatic carbocycles. The monoisotopic (exact) mass is 236 g/mol. The minimum Gasteiger partial charge on any atom is -0.396 e. The highest BCUT2D eigenvalue weighted by Crippen LogP contribution is 2.19. The number of methoxy groups -OCH3 is 1. The fourth-order valence-corrected chi connectivity index (χ4v) is 1.50. The molecule has 0 bridgehead atoms. The number of hydrogen-bond acceptors (Lipinski definition) is 6. The maximum absolute atomic E-state index is 9.58. The van der Waals surface area contributed by atoms with Gasteiger partial charge in [0.05, 0.1) is 24.0 Å². The van der Waals surface area contributed by atoms with Crippen molar-refractivity contribution in [3.05, 3.63) is 17.8 Å². The van der Waals surface area contributed by atoms with Crippen molar-refractivity contribution in [3.63, 3.8) is 0 Å². The maximum Gasteiger partial charge on any atom is 0.151 e. The van der Waals surface area contributed by atoms with E-state index in [1.165, 1.54) is 13.3 Å². The van der Waals surface area contributed by atoms with Crippen LogP contribution in [0.15, 0.2) is 12.3 Å². The molecule has 0 saturated heterocycles. The molecule has 1 atom stereocenters. The van der Waals surface area contributed by atoms with Crippen LogP contribution >= 0.6 is 0 Å². The molecular weight excluding hydrogens is 220 g/mol. The number of likely N-dealkylation sites (N-methyl/N-ethyl adjacent to an activating group) is 1. The van der Waals surface area contributed by atoms with Gasteiger partial charge in [-0.25, -0.2) is 4.98 Å². The minimum atomic E-state index is -0.609. The Hall–Kier alpha value is -1.84. The first-order valence-electron chi connectivity index (χ1n) is 5.12. The predicted molar refractivity (Wildman–Crippen MR) is 64.5 cm³/mol. The molecule has 0 spiro atoms. The molecule has 0 radical (unpaired) electrons. The van der Waals surface area contributed by atoms with Gasteiger partial charge >= 0.3 is 0 Å². The number of nitrogen functional groups attached to an aromatic ring is 1. The average molecular weight is 236 g/mol. The highest BCUT2D eigenvalue weighted by atomic mass is 16.5. The van der Waals surface area contributed by atoms with Gasteiger partial charge in [-0.3, -0.25) is 0 Å². The van der Waals surface area contributed by atoms with E-state index in [4.69, 9.17) is 15.7 Å². The number of nitriles is 1. The third-order valence-electron chi connectivity index (χ3n) is 2.23. The lowest BCUT2D eigenvalue weighted by atomic mass is 10.2. The molecule has 1 aromatic rings. The fourth-order valence-electron chi connectivity index (χ4n) is 1.50. The topological polar surface area (TPSA) is 95.4 Å². The van der Waals surface area contributed by atoms with Crippen LogP contribution < -0.4 is 10.6 Å². The van der Waals surface area contributed by atoms with Crippen molar-refractivity contribution in [2.75, 3.05) is 37.9 Å². The van der Waals surface area contributed by atoms with E-state index >= 15 is 0 Å². The summed E-state index contributed by atoms with van der Waals surface area (Å²) < 4.78 is 4.84. The average Bonchev–Trinajstić information content (AvgIpc) is 2.28. The van der Waals surface area contributed by atoms with Crippen LogP contribution in [0.2, 0.25) is 0 Å². The molecule has 0 aliphatic rings. The zero-order valence-corrected chi connectivity index (χ0v) is 9.92. The molecule has 0 aliphatic heterocycles. The Morgan fingerprint density at radius 1 is 1.71 bits per heavy atom. The summed E-state index contributed by atoms with van der Waals surface area (Å²) in [7, 11) is 3.29. The second kappa shape index (κ2) is 6.03. The van der Waals surface area contributed by atoms with Crippen LogP contribution in [0.5, 0.6) is 0 Å². The van der Waals surface area contributed by atoms with Crippen LogP contribution in [0.3, 0.4) is 0 Å². The van der Waals surface area contributed by atoms with Crippen molar-refractivity contribution in [3.8, 4) is 6.07 Å². The van der Waals surface area contributed by atoms with E-state index in [2.05, 4.69) is 4.98 Å². The van der Waals surface area contributed by atoms with Crippen molar-refractivity contribution in [2.45, 2.75) is 6.10 Å². The number of aromatic nitrogens is 1. The second-order valence-corrected chi connectivity index (χ2v) is 3.74. The van der Waals surface area contributed by atoms with Gasteiger partial charge in [0.2, 0.25) is 0 Å². The molecule has 1 rings (SSSR count). The number of rotatable bonds is 5. The highest BCUT2D eigenvalue weighted by Gasteiger charge is 2.12. The summed E-state index contributed by atoms with van der Waals surface area (Å²) >= 11 is 0. The van der Waals surface area contributed by atoms with Crippen LogP contribution in [0, 0.1) is 11.3 Å². The van der Waals surface area contributed by atoms with E-state index < -0.39 is 6.10 Å². The lowest BCUT2D eigenvalue weighted by Crippen LogP contribution is -2.32. The Bertz CT molecular complexity index is 416. The summed E-state index contributed by atoms with van der Waals surface area (Å²) in [6.07, 6.45) is 0.840. The molecule has 1 aromatic heterocycles. The van der Waals surface area contributed by atoms with Crippen LogP contribution in [-0.4, -0.2) is 43.5 Å². The molecule has 17 heavy (non-hydrogen) atoms. The number of ether oxygens (including phenoxy) is 1. The number of hydrogen-bond donors (Lipinski definition) is 2. The number of aliphatic hydroxyl groups excluding tert-OH is 1. The van der Waals surface area contributed by atoms with Gasteiger partial charge in [-0.15, -0.1) is 0 Å². The largest absolute Gasteiger partial charge is 0.396 e. The Balaban J connectivity index is 2.76. The molecule has 1 unspecified atom stereocenters. The van der Waals surface area contributed by atoms with Gasteiger partial charge in [-0.1, -0.05) is 0 Å². The summed E-state index contributed by atoms with van der Waals surface area (Å²) in [5, 5.41) is 18.3. The van der Waals surface area contributed by atoms with E-state index in [1.807, 2.05) is 6.07 Å². The predicted octanol–water partition coefficient (Wildman–Crippen LogP) is -0.0210. The van der Waals surface area contributed by atoms with Gasteiger partial charge in [0.1, 0.15) is 6.07 Å². The van der Waals surface area contributed by atoms with Gasteiger partial charge in [0.15, 0.2) is 5.82 Å². The Kier molecular flexibility index (Phi) is 4.69. The zero-order valence-electron chi connectivity index (χ0n) is 9.92. The second-order valence-electron chi connectivity index (χ2n) is 3.74. The van der Waals surface area contributed by atoms with E-state index in [1.54, 1.807) is 18.0 Å². The Morgan fingerprint density at radius 3 is 2.94 bits per heavy atom. The Morgan fingerprint density at radius 2 is 2.41 bits per heavy atom. The lowest BCUT2D eigenvalue weighted by molar-refractivity contribution is 0.0694. The van der Waals surface area contributed by atoms with E-state index in [-0.39, 0.29) is 6.61 Å². The summed E-state index contributed by atoms with van der Waals surface area (Å²) in [4.78, 5) is 5.81. The third-order valence-corrected chi connectivity index (χ3v) is 2.23. The molecule has 0 amide bonds. The third kappa shape index (κ3) is 3.59. The zero-order chi connectivity index (χ0) is 12.8.